The molecule has 1 rings (SSSR count). The third kappa shape index (κ3) is 5.09. The normalized spacial score (nSPS) is 13.3. The summed E-state index contributed by atoms with van der Waals surface area (Å²) >= 11 is 0. The van der Waals surface area contributed by atoms with Gasteiger partial charge in [-0.1, -0.05) is 6.07 Å². The van der Waals surface area contributed by atoms with Crippen LogP contribution in [0.5, 0.6) is 11.5 Å². The van der Waals surface area contributed by atoms with E-state index in [1.165, 1.54) is 31.4 Å². The molecule has 0 heterocycles. The molecular formula is C14H14O9. The van der Waals surface area contributed by atoms with Crippen molar-refractivity contribution in [2.45, 2.75) is 12.2 Å². The molecule has 23 heavy (non-hydrogen) atoms. The zero-order valence-corrected chi connectivity index (χ0v) is 11.9. The van der Waals surface area contributed by atoms with Crippen molar-refractivity contribution in [3.05, 3.63) is 29.8 Å². The van der Waals surface area contributed by atoms with Gasteiger partial charge in [0.2, 0.25) is 0 Å². The first kappa shape index (κ1) is 18.1. The summed E-state index contributed by atoms with van der Waals surface area (Å²) < 4.78 is 9.03. The molecule has 0 saturated carbocycles. The quantitative estimate of drug-likeness (QED) is 0.302. The summed E-state index contributed by atoms with van der Waals surface area (Å²) in [7, 11) is 1.34. The Morgan fingerprint density at radius 2 is 1.83 bits per heavy atom. The average Bonchev–Trinajstić information content (AvgIpc) is 2.52. The molecule has 0 aliphatic rings. The van der Waals surface area contributed by atoms with Crippen LogP contribution >= 0.6 is 0 Å². The summed E-state index contributed by atoms with van der Waals surface area (Å²) in [5.41, 5.74) is 0.440. The molecule has 0 spiro atoms. The molecule has 9 heteroatoms. The van der Waals surface area contributed by atoms with E-state index in [9.17, 15) is 19.5 Å². The highest BCUT2D eigenvalue weighted by atomic mass is 16.6. The van der Waals surface area contributed by atoms with Crippen molar-refractivity contribution in [2.24, 2.45) is 0 Å². The third-order valence-electron chi connectivity index (χ3n) is 2.61. The van der Waals surface area contributed by atoms with Crippen LogP contribution in [0.15, 0.2) is 24.3 Å². The van der Waals surface area contributed by atoms with Crippen LogP contribution in [0, 0.1) is 0 Å². The molecular weight excluding hydrogens is 312 g/mol. The molecule has 0 amide bonds. The van der Waals surface area contributed by atoms with Crippen LogP contribution in [-0.4, -0.2) is 57.7 Å². The van der Waals surface area contributed by atoms with Crippen molar-refractivity contribution in [1.82, 2.24) is 0 Å². The lowest BCUT2D eigenvalue weighted by molar-refractivity contribution is -0.173. The first-order chi connectivity index (χ1) is 10.8. The Hall–Kier alpha value is -2.91. The first-order valence-corrected chi connectivity index (χ1v) is 6.16. The number of hydrogen-bond donors (Lipinski definition) is 4. The lowest BCUT2D eigenvalue weighted by Gasteiger charge is -2.11. The first-order valence-electron chi connectivity index (χ1n) is 6.16. The van der Waals surface area contributed by atoms with Crippen LogP contribution in [0.4, 0.5) is 0 Å². The third-order valence-corrected chi connectivity index (χ3v) is 2.61. The largest absolute Gasteiger partial charge is 0.504 e. The van der Waals surface area contributed by atoms with Gasteiger partial charge in [-0.2, -0.15) is 0 Å². The van der Waals surface area contributed by atoms with E-state index in [1.807, 2.05) is 0 Å². The van der Waals surface area contributed by atoms with E-state index in [0.29, 0.717) is 5.56 Å². The van der Waals surface area contributed by atoms with E-state index >= 15 is 0 Å². The number of esters is 2. The number of carboxylic acid groups (broad SMARTS) is 1. The predicted octanol–water partition coefficient (Wildman–Crippen LogP) is -0.710. The number of carbonyl (C=O) groups is 3. The second kappa shape index (κ2) is 7.92. The molecule has 0 radical (unpaired) electrons. The van der Waals surface area contributed by atoms with Crippen LogP contribution in [-0.2, 0) is 19.1 Å². The van der Waals surface area contributed by atoms with Gasteiger partial charge in [0.1, 0.15) is 0 Å². The van der Waals surface area contributed by atoms with Gasteiger partial charge in [0, 0.05) is 6.08 Å². The SMILES string of the molecule is COc1cc(/C=C/C(=O)OC(=O)C(O)C(O)C(=O)O)ccc1O. The van der Waals surface area contributed by atoms with Crippen molar-refractivity contribution in [2.75, 3.05) is 7.11 Å². The highest BCUT2D eigenvalue weighted by Crippen LogP contribution is 2.26. The van der Waals surface area contributed by atoms with Crippen LogP contribution in [0.25, 0.3) is 6.08 Å². The number of phenols is 1. The number of methoxy groups -OCH3 is 1. The maximum Gasteiger partial charge on any atom is 0.346 e. The molecule has 0 fully saturated rings. The zero-order chi connectivity index (χ0) is 17.6. The summed E-state index contributed by atoms with van der Waals surface area (Å²) in [5, 5.41) is 35.9. The number of carboxylic acids is 1. The van der Waals surface area contributed by atoms with Crippen LogP contribution in [0.2, 0.25) is 0 Å². The van der Waals surface area contributed by atoms with E-state index < -0.39 is 30.1 Å². The minimum Gasteiger partial charge on any atom is -0.504 e. The number of aliphatic hydroxyl groups excluding tert-OH is 2. The van der Waals surface area contributed by atoms with Gasteiger partial charge in [-0.15, -0.1) is 0 Å². The van der Waals surface area contributed by atoms with Crippen LogP contribution in [0.3, 0.4) is 0 Å². The number of ether oxygens (including phenoxy) is 2. The van der Waals surface area contributed by atoms with Gasteiger partial charge in [0.05, 0.1) is 7.11 Å². The Bertz CT molecular complexity index is 635. The van der Waals surface area contributed by atoms with Crippen molar-refractivity contribution in [3.63, 3.8) is 0 Å². The van der Waals surface area contributed by atoms with Gasteiger partial charge in [0.15, 0.2) is 23.7 Å². The monoisotopic (exact) mass is 326 g/mol. The fourth-order valence-corrected chi connectivity index (χ4v) is 1.42. The smallest absolute Gasteiger partial charge is 0.346 e. The van der Waals surface area contributed by atoms with Gasteiger partial charge in [0.25, 0.3) is 0 Å². The van der Waals surface area contributed by atoms with Crippen molar-refractivity contribution in [3.8, 4) is 11.5 Å². The fourth-order valence-electron chi connectivity index (χ4n) is 1.42. The minimum absolute atomic E-state index is 0.104. The molecule has 0 aliphatic carbocycles. The summed E-state index contributed by atoms with van der Waals surface area (Å²) in [6.45, 7) is 0. The Morgan fingerprint density at radius 3 is 2.39 bits per heavy atom. The number of aliphatic carboxylic acids is 1. The fraction of sp³-hybridized carbons (Fsp3) is 0.214. The molecule has 124 valence electrons. The molecule has 0 saturated heterocycles. The molecule has 9 nitrogen and oxygen atoms in total. The molecule has 2 atom stereocenters. The maximum atomic E-state index is 11.4. The molecule has 1 aromatic rings. The van der Waals surface area contributed by atoms with Crippen LogP contribution < -0.4 is 4.74 Å². The maximum absolute atomic E-state index is 11.4. The van der Waals surface area contributed by atoms with Crippen molar-refractivity contribution in [1.29, 1.82) is 0 Å². The second-order valence-corrected chi connectivity index (χ2v) is 4.23. The standard InChI is InChI=1S/C14H14O9/c1-22-9-6-7(2-4-8(9)15)3-5-10(16)23-14(21)12(18)11(17)13(19)20/h2-6,11-12,15,17-18H,1H3,(H,19,20)/b5-3+. The van der Waals surface area contributed by atoms with Gasteiger partial charge in [-0.3, -0.25) is 0 Å². The van der Waals surface area contributed by atoms with E-state index in [1.54, 1.807) is 0 Å². The zero-order valence-electron chi connectivity index (χ0n) is 11.9. The van der Waals surface area contributed by atoms with Gasteiger partial charge in [-0.25, -0.2) is 14.4 Å². The van der Waals surface area contributed by atoms with E-state index in [2.05, 4.69) is 4.74 Å². The van der Waals surface area contributed by atoms with Gasteiger partial charge in [-0.05, 0) is 23.8 Å². The number of rotatable bonds is 6. The summed E-state index contributed by atoms with van der Waals surface area (Å²) in [5.74, 6) is -4.56. The van der Waals surface area contributed by atoms with Crippen LogP contribution in [0.1, 0.15) is 5.56 Å². The summed E-state index contributed by atoms with van der Waals surface area (Å²) in [6.07, 6.45) is -2.72. The average molecular weight is 326 g/mol. The number of hydrogen-bond acceptors (Lipinski definition) is 8. The Kier molecular flexibility index (Phi) is 6.24. The van der Waals surface area contributed by atoms with E-state index in [-0.39, 0.29) is 11.5 Å². The number of aromatic hydroxyl groups is 1. The lowest BCUT2D eigenvalue weighted by atomic mass is 10.2. The summed E-state index contributed by atoms with van der Waals surface area (Å²) in [6, 6.07) is 4.18. The highest BCUT2D eigenvalue weighted by molar-refractivity contribution is 5.97. The van der Waals surface area contributed by atoms with Crippen molar-refractivity contribution < 1.29 is 44.3 Å². The number of carbonyl (C=O) groups excluding carboxylic acids is 2. The number of benzene rings is 1. The lowest BCUT2D eigenvalue weighted by Crippen LogP contribution is -2.41. The molecule has 1 aromatic carbocycles. The molecule has 4 N–H and O–H groups in total. The number of phenolic OH excluding ortho intramolecular Hbond substituents is 1. The Labute approximate surface area is 130 Å². The predicted molar refractivity (Wildman–Crippen MR) is 74.4 cm³/mol. The number of aliphatic hydroxyl groups is 2. The van der Waals surface area contributed by atoms with Gasteiger partial charge < -0.3 is 29.9 Å². The topological polar surface area (TPSA) is 151 Å². The summed E-state index contributed by atoms with van der Waals surface area (Å²) in [4.78, 5) is 33.0. The molecule has 0 aliphatic heterocycles. The van der Waals surface area contributed by atoms with E-state index in [4.69, 9.17) is 20.1 Å². The van der Waals surface area contributed by atoms with E-state index in [0.717, 1.165) is 6.08 Å². The Balaban J connectivity index is 2.69. The molecule has 0 bridgehead atoms. The molecule has 2 unspecified atom stereocenters. The second-order valence-electron chi connectivity index (χ2n) is 4.23. The van der Waals surface area contributed by atoms with Crippen molar-refractivity contribution >= 4 is 24.0 Å². The molecule has 0 aromatic heterocycles. The minimum atomic E-state index is -2.40. The highest BCUT2D eigenvalue weighted by Gasteiger charge is 2.32. The van der Waals surface area contributed by atoms with Gasteiger partial charge >= 0.3 is 17.9 Å². The Morgan fingerprint density at radius 1 is 1.17 bits per heavy atom.